The first-order valence-electron chi connectivity index (χ1n) is 16.1. The van der Waals surface area contributed by atoms with Crippen LogP contribution in [0.3, 0.4) is 0 Å². The number of β-amino-alcohol motifs (C(OH)–C–C–N with tert-alkyl or cyclic N) is 1. The van der Waals surface area contributed by atoms with Crippen LogP contribution in [0, 0.1) is 20.2 Å². The van der Waals surface area contributed by atoms with Crippen molar-refractivity contribution in [3.05, 3.63) is 128 Å². The summed E-state index contributed by atoms with van der Waals surface area (Å²) in [5, 5.41) is 35.3. The molecule has 1 unspecified atom stereocenters. The number of carbonyl (C=O) groups is 1. The Balaban J connectivity index is 0.000000232. The predicted molar refractivity (Wildman–Crippen MR) is 213 cm³/mol. The van der Waals surface area contributed by atoms with Crippen molar-refractivity contribution in [2.45, 2.75) is 5.72 Å². The number of aliphatic imine (C=N–C) groups is 1. The van der Waals surface area contributed by atoms with Crippen molar-refractivity contribution in [2.75, 3.05) is 61.7 Å². The maximum absolute atomic E-state index is 12.7. The maximum atomic E-state index is 12.7. The van der Waals surface area contributed by atoms with Crippen LogP contribution in [-0.4, -0.2) is 87.6 Å². The van der Waals surface area contributed by atoms with Crippen LogP contribution in [0.2, 0.25) is 0 Å². The van der Waals surface area contributed by atoms with E-state index in [1.165, 1.54) is 30.3 Å². The molecule has 3 heterocycles. The van der Waals surface area contributed by atoms with Gasteiger partial charge in [-0.3, -0.25) is 30.0 Å². The van der Waals surface area contributed by atoms with E-state index in [1.54, 1.807) is 55.9 Å². The summed E-state index contributed by atoms with van der Waals surface area (Å²) in [6, 6.07) is 27.0. The molecule has 0 spiro atoms. The Bertz CT molecular complexity index is 2060. The van der Waals surface area contributed by atoms with Gasteiger partial charge in [0.1, 0.15) is 17.2 Å². The number of nitrogens with zero attached hydrogens (tertiary/aromatic N) is 6. The third kappa shape index (κ3) is 9.23. The average molecular weight is 905 g/mol. The second kappa shape index (κ2) is 18.7. The first kappa shape index (κ1) is 42.3. The number of halogens is 2. The van der Waals surface area contributed by atoms with Crippen LogP contribution in [-0.2, 0) is 5.72 Å². The number of aliphatic hydroxyl groups is 1. The Kier molecular flexibility index (Phi) is 14.6. The van der Waals surface area contributed by atoms with Crippen LogP contribution in [0.1, 0.15) is 15.9 Å². The molecular weight excluding hydrogens is 868 g/mol. The van der Waals surface area contributed by atoms with E-state index in [-0.39, 0.29) is 57.7 Å². The van der Waals surface area contributed by atoms with Crippen LogP contribution >= 0.6 is 40.5 Å². The second-order valence-electron chi connectivity index (χ2n) is 11.7. The fourth-order valence-electron chi connectivity index (χ4n) is 5.97. The number of benzene rings is 4. The van der Waals surface area contributed by atoms with Gasteiger partial charge in [-0.1, -0.05) is 36.0 Å². The number of nitro groups is 2. The van der Waals surface area contributed by atoms with E-state index >= 15 is 0 Å². The minimum Gasteiger partial charge on any atom is -1.00 e. The lowest BCUT2D eigenvalue weighted by Crippen LogP contribution is -3.00. The second-order valence-corrected chi connectivity index (χ2v) is 13.8. The number of thioether (sulfide) groups is 2. The van der Waals surface area contributed by atoms with Gasteiger partial charge in [-0.05, 0) is 60.3 Å². The van der Waals surface area contributed by atoms with Crippen molar-refractivity contribution >= 4 is 79.4 Å². The summed E-state index contributed by atoms with van der Waals surface area (Å²) in [5.41, 5.74) is 1.18. The number of amidine groups is 2. The number of hydrogen-bond acceptors (Lipinski definition) is 13. The van der Waals surface area contributed by atoms with Gasteiger partial charge in [-0.25, -0.2) is 9.48 Å². The van der Waals surface area contributed by atoms with Crippen molar-refractivity contribution in [1.29, 1.82) is 0 Å². The van der Waals surface area contributed by atoms with Crippen LogP contribution in [0.4, 0.5) is 22.7 Å². The van der Waals surface area contributed by atoms with Gasteiger partial charge in [-0.2, -0.15) is 0 Å². The molecule has 54 heavy (non-hydrogen) atoms. The molecule has 0 saturated carbocycles. The van der Waals surface area contributed by atoms with Crippen molar-refractivity contribution < 1.29 is 50.8 Å². The van der Waals surface area contributed by atoms with E-state index in [9.17, 15) is 30.1 Å². The van der Waals surface area contributed by atoms with Gasteiger partial charge < -0.3 is 36.5 Å². The van der Waals surface area contributed by atoms with Gasteiger partial charge in [0.2, 0.25) is 0 Å². The zero-order chi connectivity index (χ0) is 36.8. The highest BCUT2D eigenvalue weighted by Gasteiger charge is 2.54. The molecule has 1 atom stereocenters. The number of hydrogen-bond donors (Lipinski definition) is 1. The summed E-state index contributed by atoms with van der Waals surface area (Å²) >= 11 is 3.26. The van der Waals surface area contributed by atoms with Crippen LogP contribution in [0.25, 0.3) is 0 Å². The molecule has 1 N–H and O–H groups in total. The highest BCUT2D eigenvalue weighted by Crippen LogP contribution is 2.39. The number of carbonyl (C=O) groups excluding carboxylic acids is 1. The Morgan fingerprint density at radius 2 is 1.52 bits per heavy atom. The first-order valence-corrected chi connectivity index (χ1v) is 18.1. The van der Waals surface area contributed by atoms with E-state index in [0.717, 1.165) is 44.7 Å². The summed E-state index contributed by atoms with van der Waals surface area (Å²) in [4.78, 5) is 42.2. The number of ether oxygens (including phenoxy) is 2. The minimum atomic E-state index is -1.30. The number of non-ortho nitro benzene ring substituents is 2. The normalized spacial score (nSPS) is 16.9. The van der Waals surface area contributed by atoms with E-state index in [4.69, 9.17) is 9.47 Å². The Hall–Kier alpha value is -4.49. The number of rotatable bonds is 10. The largest absolute Gasteiger partial charge is 1.00 e. The van der Waals surface area contributed by atoms with E-state index in [1.807, 2.05) is 58.0 Å². The molecule has 14 nitrogen and oxygen atoms in total. The molecule has 0 radical (unpaired) electrons. The fourth-order valence-corrected chi connectivity index (χ4v) is 8.02. The lowest BCUT2D eigenvalue weighted by molar-refractivity contribution is -0.650. The molecule has 0 amide bonds. The zero-order valence-corrected chi connectivity index (χ0v) is 34.0. The van der Waals surface area contributed by atoms with E-state index < -0.39 is 15.6 Å². The van der Waals surface area contributed by atoms with E-state index in [2.05, 4.69) is 9.89 Å². The molecule has 4 aromatic rings. The molecule has 4 aromatic carbocycles. The van der Waals surface area contributed by atoms with Gasteiger partial charge >= 0.3 is 5.17 Å². The molecule has 0 aromatic heterocycles. The molecule has 0 fully saturated rings. The molecular formula is C36H36Br2N6O8S2. The number of methoxy groups -OCH3 is 2. The average Bonchev–Trinajstić information content (AvgIpc) is 3.95. The summed E-state index contributed by atoms with van der Waals surface area (Å²) in [5.74, 6) is 3.01. The Morgan fingerprint density at radius 1 is 0.907 bits per heavy atom. The third-order valence-corrected chi connectivity index (χ3v) is 10.7. The number of Topliss-reactive ketones (excluding diaryl/α,β-unsaturated/α-hetero) is 1. The summed E-state index contributed by atoms with van der Waals surface area (Å²) in [6.07, 6.45) is 0. The molecule has 0 saturated heterocycles. The number of anilines is 2. The molecule has 3 aliphatic heterocycles. The highest BCUT2D eigenvalue weighted by molar-refractivity contribution is 8.93. The van der Waals surface area contributed by atoms with Crippen molar-refractivity contribution in [1.82, 2.24) is 0 Å². The SMILES string of the molecule is Br.COc1ccc(N(CC(=O)c2cccc([N+](=O)[O-])c2)C2=NCCS2)cc1.COc1ccc(N2CC(O)(c3cccc([N+](=O)[O-])c3)[N+]3=C2SCC3)cc1.[Br-]. The first-order chi connectivity index (χ1) is 25.1. The van der Waals surface area contributed by atoms with Gasteiger partial charge in [-0.15, -0.1) is 17.0 Å². The minimum absolute atomic E-state index is 0. The van der Waals surface area contributed by atoms with E-state index in [0.29, 0.717) is 30.8 Å². The molecule has 7 rings (SSSR count). The van der Waals surface area contributed by atoms with Crippen molar-refractivity contribution in [2.24, 2.45) is 4.99 Å². The Labute approximate surface area is 340 Å². The smallest absolute Gasteiger partial charge is 0.316 e. The topological polar surface area (TPSA) is 164 Å². The number of ketones is 1. The molecule has 0 bridgehead atoms. The standard InChI is InChI=1S/C18H18N3O4S.C18H17N3O4S.2BrH/c1-25-16-7-5-14(6-8-16)19-12-18(22,20-9-10-26-17(19)20)13-3-2-4-15(11-13)21(23)24;1-25-16-7-5-14(6-8-16)20(18-19-9-10-26-18)12-17(22)13-3-2-4-15(11-13)21(23)24;;/h2-8,11,22H,9-10,12H2,1H3;2-8,11H,9-10,12H2,1H3;2*1H/q+1;;;/p-1. The summed E-state index contributed by atoms with van der Waals surface area (Å²) < 4.78 is 12.3. The maximum Gasteiger partial charge on any atom is 0.316 e. The van der Waals surface area contributed by atoms with Crippen molar-refractivity contribution in [3.63, 3.8) is 0 Å². The van der Waals surface area contributed by atoms with Gasteiger partial charge in [0.05, 0.1) is 43.7 Å². The van der Waals surface area contributed by atoms with Gasteiger partial charge in [0.15, 0.2) is 17.5 Å². The monoisotopic (exact) mass is 902 g/mol. The summed E-state index contributed by atoms with van der Waals surface area (Å²) in [7, 11) is 3.21. The highest BCUT2D eigenvalue weighted by atomic mass is 79.9. The molecule has 18 heteroatoms. The Morgan fingerprint density at radius 3 is 2.11 bits per heavy atom. The quantitative estimate of drug-likeness (QED) is 0.107. The van der Waals surface area contributed by atoms with Gasteiger partial charge in [0, 0.05) is 52.6 Å². The molecule has 0 aliphatic carbocycles. The van der Waals surface area contributed by atoms with Gasteiger partial charge in [0.25, 0.3) is 17.1 Å². The van der Waals surface area contributed by atoms with Crippen LogP contribution < -0.4 is 36.3 Å². The third-order valence-electron chi connectivity index (χ3n) is 8.60. The van der Waals surface area contributed by atoms with Crippen molar-refractivity contribution in [3.8, 4) is 11.5 Å². The lowest BCUT2D eigenvalue weighted by atomic mass is 10.0. The molecule has 284 valence electrons. The zero-order valence-electron chi connectivity index (χ0n) is 29.1. The predicted octanol–water partition coefficient (Wildman–Crippen LogP) is 3.36. The lowest BCUT2D eigenvalue weighted by Gasteiger charge is -2.23. The summed E-state index contributed by atoms with van der Waals surface area (Å²) in [6.45, 7) is 1.76. The number of nitro benzene ring substituents is 2. The van der Waals surface area contributed by atoms with Crippen LogP contribution in [0.15, 0.2) is 102 Å². The van der Waals surface area contributed by atoms with Crippen LogP contribution in [0.5, 0.6) is 11.5 Å². The molecule has 3 aliphatic rings. The fraction of sp³-hybridized carbons (Fsp3) is 0.250.